The third-order valence-electron chi connectivity index (χ3n) is 3.16. The second-order valence-corrected chi connectivity index (χ2v) is 8.91. The summed E-state index contributed by atoms with van der Waals surface area (Å²) in [4.78, 5) is 30.4. The van der Waals surface area contributed by atoms with Crippen LogP contribution in [0.4, 0.5) is 13.2 Å². The van der Waals surface area contributed by atoms with Crippen LogP contribution >= 0.6 is 33.0 Å². The van der Waals surface area contributed by atoms with E-state index in [9.17, 15) is 22.8 Å². The minimum atomic E-state index is -1.67. The van der Waals surface area contributed by atoms with Gasteiger partial charge in [0.1, 0.15) is 17.5 Å². The van der Waals surface area contributed by atoms with Crippen LogP contribution in [0.1, 0.15) is 35.3 Å². The fourth-order valence-corrected chi connectivity index (χ4v) is 1.95. The molecule has 3 aromatic heterocycles. The summed E-state index contributed by atoms with van der Waals surface area (Å²) in [7, 11) is 7.36. The van der Waals surface area contributed by atoms with Crippen molar-refractivity contribution in [3.05, 3.63) is 89.5 Å². The molecule has 9 nitrogen and oxygen atoms in total. The number of hydrogen-bond donors (Lipinski definition) is 2. The minimum Gasteiger partial charge on any atom is -0.478 e. The number of alkyl halides is 1. The van der Waals surface area contributed by atoms with Crippen molar-refractivity contribution in [1.82, 2.24) is 15.0 Å². The summed E-state index contributed by atoms with van der Waals surface area (Å²) in [5.41, 5.74) is 1.06. The van der Waals surface area contributed by atoms with E-state index in [1.807, 2.05) is 0 Å². The first-order valence-corrected chi connectivity index (χ1v) is 13.3. The predicted molar refractivity (Wildman–Crippen MR) is 137 cm³/mol. The van der Waals surface area contributed by atoms with Crippen LogP contribution in [0, 0.1) is 17.5 Å². The highest BCUT2D eigenvalue weighted by Crippen LogP contribution is 2.03. The van der Waals surface area contributed by atoms with Crippen LogP contribution in [0.25, 0.3) is 0 Å². The van der Waals surface area contributed by atoms with Crippen molar-refractivity contribution in [2.24, 2.45) is 0 Å². The van der Waals surface area contributed by atoms with Crippen molar-refractivity contribution in [3.8, 4) is 0 Å². The van der Waals surface area contributed by atoms with Gasteiger partial charge in [0.05, 0.1) is 37.4 Å². The van der Waals surface area contributed by atoms with E-state index in [-0.39, 0.29) is 24.0 Å². The highest BCUT2D eigenvalue weighted by atomic mass is 36.0. The number of aliphatic hydroxyl groups is 1. The van der Waals surface area contributed by atoms with Crippen LogP contribution in [0.5, 0.6) is 0 Å². The summed E-state index contributed by atoms with van der Waals surface area (Å²) in [6.45, 7) is 3.49. The lowest BCUT2D eigenvalue weighted by atomic mass is 10.3. The molecule has 0 aliphatic heterocycles. The molecule has 0 aliphatic rings. The largest absolute Gasteiger partial charge is 0.478 e. The molecule has 0 radical (unpaired) electrons. The molecule has 0 spiro atoms. The van der Waals surface area contributed by atoms with E-state index >= 15 is 0 Å². The van der Waals surface area contributed by atoms with E-state index in [0.29, 0.717) is 23.6 Å². The van der Waals surface area contributed by atoms with Gasteiger partial charge in [0.25, 0.3) is 0 Å². The van der Waals surface area contributed by atoms with Crippen molar-refractivity contribution in [3.63, 3.8) is 0 Å². The Bertz CT molecular complexity index is 1090. The third kappa shape index (κ3) is 23.6. The summed E-state index contributed by atoms with van der Waals surface area (Å²) in [6.07, 6.45) is 7.24. The van der Waals surface area contributed by atoms with Gasteiger partial charge in [-0.05, 0) is 36.2 Å². The summed E-state index contributed by atoms with van der Waals surface area (Å²) in [5, 5.41) is 16.8. The normalized spacial score (nSPS) is 9.11. The zero-order chi connectivity index (χ0) is 29.5. The van der Waals surface area contributed by atoms with Crippen LogP contribution in [-0.2, 0) is 31.2 Å². The van der Waals surface area contributed by atoms with E-state index in [1.165, 1.54) is 31.5 Å². The Hall–Kier alpha value is -2.84. The standard InChI is InChI=1S/C6H5ClFN.C6H4FNO2.C6H6FNO.C4H8O2.Cl2OS/c7-2-5-1-6(8)4-9-3-5;7-5-1-4(6(9)10)2-8-3-5;7-6-1-5(4-9)2-8-3-6;1-3-6-4(2)5;1-4(2)3/h1,3-4H,2H2;1-3H,(H,9,10);1-3,9H,4H2;3H2,1-2H3;. The van der Waals surface area contributed by atoms with Gasteiger partial charge >= 0.3 is 11.9 Å². The first-order chi connectivity index (χ1) is 17.9. The van der Waals surface area contributed by atoms with Crippen LogP contribution in [0.2, 0.25) is 0 Å². The van der Waals surface area contributed by atoms with Crippen molar-refractivity contribution < 1.29 is 41.9 Å². The van der Waals surface area contributed by atoms with Gasteiger partial charge in [-0.1, -0.05) is 0 Å². The molecular formula is C22H23Cl3F3N3O6S. The lowest BCUT2D eigenvalue weighted by Crippen LogP contribution is -1.97. The lowest BCUT2D eigenvalue weighted by molar-refractivity contribution is -0.140. The van der Waals surface area contributed by atoms with Crippen LogP contribution in [-0.4, -0.2) is 47.9 Å². The second-order valence-electron chi connectivity index (χ2n) is 6.12. The van der Waals surface area contributed by atoms with Crippen molar-refractivity contribution in [2.75, 3.05) is 6.61 Å². The highest BCUT2D eigenvalue weighted by molar-refractivity contribution is 8.26. The Morgan fingerprint density at radius 3 is 1.55 bits per heavy atom. The van der Waals surface area contributed by atoms with Crippen LogP contribution in [0.15, 0.2) is 55.4 Å². The Labute approximate surface area is 233 Å². The Morgan fingerprint density at radius 2 is 1.32 bits per heavy atom. The van der Waals surface area contributed by atoms with Gasteiger partial charge in [0, 0.05) is 52.8 Å². The smallest absolute Gasteiger partial charge is 0.337 e. The van der Waals surface area contributed by atoms with Gasteiger partial charge in [-0.15, -0.1) is 11.6 Å². The van der Waals surface area contributed by atoms with Gasteiger partial charge in [0.2, 0.25) is 9.23 Å². The molecule has 3 heterocycles. The number of aliphatic hydroxyl groups excluding tert-OH is 1. The summed E-state index contributed by atoms with van der Waals surface area (Å²) >= 11 is 5.39. The molecule has 3 aromatic rings. The zero-order valence-corrected chi connectivity index (χ0v) is 22.9. The maximum atomic E-state index is 12.2. The van der Waals surface area contributed by atoms with Gasteiger partial charge < -0.3 is 14.9 Å². The molecule has 0 atom stereocenters. The average molecular weight is 621 g/mol. The summed E-state index contributed by atoms with van der Waals surface area (Å²) < 4.78 is 50.1. The number of carbonyl (C=O) groups excluding carboxylic acids is 1. The number of halogens is 6. The predicted octanol–water partition coefficient (Wildman–Crippen LogP) is 5.20. The molecule has 38 heavy (non-hydrogen) atoms. The SMILES string of the molecule is CCOC(C)=O.Fc1cncc(CCl)c1.O=C(O)c1cncc(F)c1.O=S(Cl)Cl.OCc1cncc(F)c1. The van der Waals surface area contributed by atoms with E-state index in [4.69, 9.17) is 26.0 Å². The molecule has 3 rings (SSSR count). The fourth-order valence-electron chi connectivity index (χ4n) is 1.80. The fraction of sp³-hybridized carbons (Fsp3) is 0.227. The molecule has 0 fully saturated rings. The number of aromatic carboxylic acids is 1. The first kappa shape index (κ1) is 37.3. The Balaban J connectivity index is 0. The molecule has 16 heteroatoms. The number of carboxylic acids is 1. The Morgan fingerprint density at radius 1 is 0.895 bits per heavy atom. The number of ether oxygens (including phenoxy) is 1. The molecule has 0 saturated heterocycles. The third-order valence-corrected chi connectivity index (χ3v) is 3.47. The number of carboxylic acid groups (broad SMARTS) is 1. The molecular weight excluding hydrogens is 598 g/mol. The quantitative estimate of drug-likeness (QED) is 0.229. The number of carbonyl (C=O) groups is 2. The highest BCUT2D eigenvalue weighted by Gasteiger charge is 2.02. The molecule has 0 aromatic carbocycles. The lowest BCUT2D eigenvalue weighted by Gasteiger charge is -1.91. The van der Waals surface area contributed by atoms with Gasteiger partial charge in [-0.3, -0.25) is 19.7 Å². The number of rotatable bonds is 4. The summed E-state index contributed by atoms with van der Waals surface area (Å²) in [6, 6.07) is 3.52. The zero-order valence-electron chi connectivity index (χ0n) is 19.9. The van der Waals surface area contributed by atoms with Crippen LogP contribution in [0.3, 0.4) is 0 Å². The van der Waals surface area contributed by atoms with Gasteiger partial charge in [0.15, 0.2) is 0 Å². The average Bonchev–Trinajstić information content (AvgIpc) is 2.85. The van der Waals surface area contributed by atoms with E-state index in [1.54, 1.807) is 6.92 Å². The number of nitrogens with zero attached hydrogens (tertiary/aromatic N) is 3. The van der Waals surface area contributed by atoms with Crippen LogP contribution < -0.4 is 0 Å². The van der Waals surface area contributed by atoms with Crippen molar-refractivity contribution >= 4 is 54.1 Å². The molecule has 0 saturated carbocycles. The number of aromatic nitrogens is 3. The number of hydrogen-bond acceptors (Lipinski definition) is 8. The molecule has 2 N–H and O–H groups in total. The topological polar surface area (TPSA) is 140 Å². The minimum absolute atomic E-state index is 0.139. The first-order valence-electron chi connectivity index (χ1n) is 9.93. The number of pyridine rings is 3. The maximum Gasteiger partial charge on any atom is 0.337 e. The Kier molecular flexibility index (Phi) is 22.9. The molecule has 210 valence electrons. The molecule has 0 amide bonds. The second kappa shape index (κ2) is 23.3. The van der Waals surface area contributed by atoms with Gasteiger partial charge in [-0.25, -0.2) is 22.2 Å². The monoisotopic (exact) mass is 619 g/mol. The maximum absolute atomic E-state index is 12.2. The van der Waals surface area contributed by atoms with E-state index in [0.717, 1.165) is 30.9 Å². The number of esters is 1. The van der Waals surface area contributed by atoms with E-state index in [2.05, 4.69) is 41.1 Å². The molecule has 0 aliphatic carbocycles. The van der Waals surface area contributed by atoms with Crippen molar-refractivity contribution in [2.45, 2.75) is 26.3 Å². The van der Waals surface area contributed by atoms with E-state index < -0.39 is 26.8 Å². The molecule has 0 bridgehead atoms. The summed E-state index contributed by atoms with van der Waals surface area (Å²) in [5.74, 6) is -2.47. The van der Waals surface area contributed by atoms with Crippen molar-refractivity contribution in [1.29, 1.82) is 0 Å². The molecule has 0 unspecified atom stereocenters. The van der Waals surface area contributed by atoms with Gasteiger partial charge in [-0.2, -0.15) is 0 Å².